The van der Waals surface area contributed by atoms with Gasteiger partial charge in [0.15, 0.2) is 5.78 Å². The van der Waals surface area contributed by atoms with Crippen LogP contribution in [0.25, 0.3) is 0 Å². The predicted octanol–water partition coefficient (Wildman–Crippen LogP) is 4.90. The number of carbonyl (C=O) groups is 3. The van der Waals surface area contributed by atoms with Crippen LogP contribution >= 0.6 is 0 Å². The number of amides is 1. The zero-order valence-corrected chi connectivity index (χ0v) is 16.8. The van der Waals surface area contributed by atoms with Crippen LogP contribution in [-0.4, -0.2) is 17.7 Å². The van der Waals surface area contributed by atoms with Crippen LogP contribution in [0.4, 0.5) is 5.69 Å². The van der Waals surface area contributed by atoms with Crippen molar-refractivity contribution in [3.8, 4) is 0 Å². The van der Waals surface area contributed by atoms with E-state index in [2.05, 4.69) is 5.32 Å². The number of carbonyl (C=O) groups excluding carboxylic acids is 3. The Bertz CT molecular complexity index is 1130. The normalized spacial score (nSPS) is 15.1. The number of Topliss-reactive ketones (excluding diaryl/α,β-unsaturated/α-hetero) is 1. The summed E-state index contributed by atoms with van der Waals surface area (Å²) in [6, 6.07) is 19.6. The topological polar surface area (TPSA) is 72.5 Å². The van der Waals surface area contributed by atoms with E-state index in [4.69, 9.17) is 4.74 Å². The highest BCUT2D eigenvalue weighted by molar-refractivity contribution is 6.05. The molecule has 0 radical (unpaired) electrons. The van der Waals surface area contributed by atoms with Gasteiger partial charge in [-0.15, -0.1) is 0 Å². The van der Waals surface area contributed by atoms with Crippen molar-refractivity contribution in [2.75, 3.05) is 5.32 Å². The van der Waals surface area contributed by atoms with E-state index >= 15 is 0 Å². The van der Waals surface area contributed by atoms with Crippen molar-refractivity contribution < 1.29 is 19.1 Å². The van der Waals surface area contributed by atoms with Gasteiger partial charge in [0.25, 0.3) is 5.91 Å². The molecule has 0 aromatic heterocycles. The Balaban J connectivity index is 1.54. The molecule has 0 fully saturated rings. The number of ether oxygens (including phenoxy) is 1. The molecule has 0 bridgehead atoms. The fourth-order valence-corrected chi connectivity index (χ4v) is 3.50. The number of cyclic esters (lactones) is 1. The standard InChI is InChI=1S/C25H21NO4/c1-15-3-5-18(6-4-15)23-14-20-13-19(9-12-22(20)25(29)30-23)24(28)26-21-10-7-17(8-11-21)16(2)27/h3-13,23H,14H2,1-2H3,(H,26,28)/t23-/m0/s1. The van der Waals surface area contributed by atoms with Gasteiger partial charge in [-0.3, -0.25) is 9.59 Å². The first-order valence-corrected chi connectivity index (χ1v) is 9.73. The van der Waals surface area contributed by atoms with E-state index in [9.17, 15) is 14.4 Å². The molecule has 1 amide bonds. The van der Waals surface area contributed by atoms with Gasteiger partial charge in [0, 0.05) is 23.2 Å². The molecule has 0 saturated heterocycles. The van der Waals surface area contributed by atoms with Crippen molar-refractivity contribution in [3.63, 3.8) is 0 Å². The van der Waals surface area contributed by atoms with Crippen molar-refractivity contribution in [3.05, 3.63) is 100 Å². The smallest absolute Gasteiger partial charge is 0.339 e. The van der Waals surface area contributed by atoms with Crippen molar-refractivity contribution in [2.45, 2.75) is 26.4 Å². The third-order valence-corrected chi connectivity index (χ3v) is 5.24. The number of hydrogen-bond donors (Lipinski definition) is 1. The quantitative estimate of drug-likeness (QED) is 0.500. The summed E-state index contributed by atoms with van der Waals surface area (Å²) in [7, 11) is 0. The second-order valence-corrected chi connectivity index (χ2v) is 7.47. The second kappa shape index (κ2) is 7.95. The van der Waals surface area contributed by atoms with E-state index in [0.29, 0.717) is 28.8 Å². The van der Waals surface area contributed by atoms with Crippen LogP contribution in [0, 0.1) is 6.92 Å². The highest BCUT2D eigenvalue weighted by Crippen LogP contribution is 2.31. The van der Waals surface area contributed by atoms with Gasteiger partial charge in [-0.2, -0.15) is 0 Å². The Morgan fingerprint density at radius 1 is 0.933 bits per heavy atom. The molecule has 1 atom stereocenters. The largest absolute Gasteiger partial charge is 0.454 e. The molecule has 3 aromatic carbocycles. The first-order valence-electron chi connectivity index (χ1n) is 9.73. The molecule has 3 aromatic rings. The van der Waals surface area contributed by atoms with Crippen LogP contribution < -0.4 is 5.32 Å². The van der Waals surface area contributed by atoms with Gasteiger partial charge in [0.1, 0.15) is 6.10 Å². The molecule has 0 unspecified atom stereocenters. The van der Waals surface area contributed by atoms with Gasteiger partial charge in [0.05, 0.1) is 5.56 Å². The number of nitrogens with one attached hydrogen (secondary N) is 1. The average molecular weight is 399 g/mol. The number of ketones is 1. The number of benzene rings is 3. The molecule has 4 rings (SSSR count). The monoisotopic (exact) mass is 399 g/mol. The highest BCUT2D eigenvalue weighted by Gasteiger charge is 2.28. The van der Waals surface area contributed by atoms with Gasteiger partial charge in [-0.1, -0.05) is 29.8 Å². The summed E-state index contributed by atoms with van der Waals surface area (Å²) in [6.07, 6.45) is 0.140. The zero-order valence-electron chi connectivity index (χ0n) is 16.8. The number of esters is 1. The predicted molar refractivity (Wildman–Crippen MR) is 114 cm³/mol. The third-order valence-electron chi connectivity index (χ3n) is 5.24. The molecule has 1 heterocycles. The first-order chi connectivity index (χ1) is 14.4. The van der Waals surface area contributed by atoms with Crippen LogP contribution in [0.2, 0.25) is 0 Å². The number of anilines is 1. The van der Waals surface area contributed by atoms with E-state index < -0.39 is 0 Å². The van der Waals surface area contributed by atoms with Crippen molar-refractivity contribution in [1.82, 2.24) is 0 Å². The molecule has 5 heteroatoms. The Kier molecular flexibility index (Phi) is 5.19. The van der Waals surface area contributed by atoms with Crippen LogP contribution in [0.5, 0.6) is 0 Å². The zero-order chi connectivity index (χ0) is 21.3. The Labute approximate surface area is 174 Å². The first kappa shape index (κ1) is 19.6. The molecule has 150 valence electrons. The van der Waals surface area contributed by atoms with E-state index in [1.54, 1.807) is 42.5 Å². The Morgan fingerprint density at radius 3 is 2.27 bits per heavy atom. The maximum Gasteiger partial charge on any atom is 0.339 e. The minimum absolute atomic E-state index is 0.0300. The van der Waals surface area contributed by atoms with Crippen LogP contribution in [0.1, 0.15) is 60.8 Å². The van der Waals surface area contributed by atoms with Gasteiger partial charge < -0.3 is 10.1 Å². The summed E-state index contributed by atoms with van der Waals surface area (Å²) in [5.41, 5.74) is 4.98. The SMILES string of the molecule is CC(=O)c1ccc(NC(=O)c2ccc3c(c2)C[C@@H](c2ccc(C)cc2)OC3=O)cc1. The average Bonchev–Trinajstić information content (AvgIpc) is 2.74. The Morgan fingerprint density at radius 2 is 1.60 bits per heavy atom. The minimum atomic E-state index is -0.381. The molecule has 5 nitrogen and oxygen atoms in total. The van der Waals surface area contributed by atoms with E-state index in [0.717, 1.165) is 16.7 Å². The summed E-state index contributed by atoms with van der Waals surface area (Å²) in [5, 5.41) is 2.83. The number of fused-ring (bicyclic) bond motifs is 1. The molecule has 1 aliphatic heterocycles. The molecular formula is C25H21NO4. The van der Waals surface area contributed by atoms with Crippen molar-refractivity contribution in [1.29, 1.82) is 0 Å². The van der Waals surface area contributed by atoms with Crippen molar-refractivity contribution in [2.24, 2.45) is 0 Å². The molecular weight excluding hydrogens is 378 g/mol. The molecule has 1 N–H and O–H groups in total. The van der Waals surface area contributed by atoms with Crippen LogP contribution in [-0.2, 0) is 11.2 Å². The van der Waals surface area contributed by atoms with Gasteiger partial charge >= 0.3 is 5.97 Å². The maximum absolute atomic E-state index is 12.7. The van der Waals surface area contributed by atoms with E-state index in [1.807, 2.05) is 31.2 Å². The van der Waals surface area contributed by atoms with E-state index in [-0.39, 0.29) is 23.8 Å². The lowest BCUT2D eigenvalue weighted by atomic mass is 9.92. The molecule has 0 aliphatic carbocycles. The van der Waals surface area contributed by atoms with Crippen LogP contribution in [0.3, 0.4) is 0 Å². The summed E-state index contributed by atoms with van der Waals surface area (Å²) < 4.78 is 5.60. The number of rotatable bonds is 4. The van der Waals surface area contributed by atoms with Gasteiger partial charge in [-0.25, -0.2) is 4.79 Å². The summed E-state index contributed by atoms with van der Waals surface area (Å²) >= 11 is 0. The lowest BCUT2D eigenvalue weighted by Crippen LogP contribution is -2.23. The van der Waals surface area contributed by atoms with E-state index in [1.165, 1.54) is 6.92 Å². The molecule has 1 aliphatic rings. The fraction of sp³-hybridized carbons (Fsp3) is 0.160. The van der Waals surface area contributed by atoms with Crippen molar-refractivity contribution >= 4 is 23.3 Å². The highest BCUT2D eigenvalue weighted by atomic mass is 16.5. The van der Waals surface area contributed by atoms with Gasteiger partial charge in [0.2, 0.25) is 0 Å². The summed E-state index contributed by atoms with van der Waals surface area (Å²) in [6.45, 7) is 3.50. The third kappa shape index (κ3) is 4.01. The summed E-state index contributed by atoms with van der Waals surface area (Å²) in [4.78, 5) is 36.5. The molecule has 0 saturated carbocycles. The number of aryl methyl sites for hydroxylation is 1. The lowest BCUT2D eigenvalue weighted by molar-refractivity contribution is 0.0252. The second-order valence-electron chi connectivity index (χ2n) is 7.47. The maximum atomic E-state index is 12.7. The summed E-state index contributed by atoms with van der Waals surface area (Å²) in [5.74, 6) is -0.689. The minimum Gasteiger partial charge on any atom is -0.454 e. The van der Waals surface area contributed by atoms with Crippen LogP contribution in [0.15, 0.2) is 66.7 Å². The van der Waals surface area contributed by atoms with Gasteiger partial charge in [-0.05, 0) is 67.4 Å². The lowest BCUT2D eigenvalue weighted by Gasteiger charge is -2.25. The number of hydrogen-bond acceptors (Lipinski definition) is 4. The molecule has 0 spiro atoms. The fourth-order valence-electron chi connectivity index (χ4n) is 3.50. The molecule has 30 heavy (non-hydrogen) atoms. The Hall–Kier alpha value is -3.73.